The molecule has 0 heterocycles. The van der Waals surface area contributed by atoms with Gasteiger partial charge in [0.05, 0.1) is 12.7 Å². The normalized spacial score (nSPS) is 9.69. The first-order chi connectivity index (χ1) is 7.56. The van der Waals surface area contributed by atoms with Gasteiger partial charge in [0.25, 0.3) is 0 Å². The molecule has 1 rings (SSSR count). The third-order valence-corrected chi connectivity index (χ3v) is 2.45. The van der Waals surface area contributed by atoms with Gasteiger partial charge in [-0.25, -0.2) is 4.79 Å². The third-order valence-electron chi connectivity index (χ3n) is 1.80. The van der Waals surface area contributed by atoms with Crippen molar-refractivity contribution < 1.29 is 19.1 Å². The Bertz CT molecular complexity index is 414. The van der Waals surface area contributed by atoms with Gasteiger partial charge in [-0.1, -0.05) is 15.9 Å². The molecule has 0 atom stereocenters. The predicted octanol–water partition coefficient (Wildman–Crippen LogP) is 2.29. The minimum absolute atomic E-state index is 0.338. The molecular weight excluding hydrogens is 276 g/mol. The van der Waals surface area contributed by atoms with Gasteiger partial charge in [0.15, 0.2) is 0 Å². The van der Waals surface area contributed by atoms with Crippen molar-refractivity contribution in [3.8, 4) is 5.75 Å². The fourth-order valence-electron chi connectivity index (χ4n) is 1.20. The molecule has 0 amide bonds. The Hall–Kier alpha value is -1.36. The summed E-state index contributed by atoms with van der Waals surface area (Å²) in [6.45, 7) is 1.30. The maximum absolute atomic E-state index is 11.3. The van der Waals surface area contributed by atoms with Crippen molar-refractivity contribution in [3.63, 3.8) is 0 Å². The van der Waals surface area contributed by atoms with E-state index in [0.29, 0.717) is 16.6 Å². The Morgan fingerprint density at radius 2 is 2.00 bits per heavy atom. The Balaban J connectivity index is 3.10. The summed E-state index contributed by atoms with van der Waals surface area (Å²) in [6.07, 6.45) is 0. The summed E-state index contributed by atoms with van der Waals surface area (Å²) in [4.78, 5) is 22.2. The van der Waals surface area contributed by atoms with Crippen LogP contribution < -0.4 is 4.74 Å². The van der Waals surface area contributed by atoms with Crippen LogP contribution in [0.25, 0.3) is 0 Å². The summed E-state index contributed by atoms with van der Waals surface area (Å²) in [6, 6.07) is 4.83. The van der Waals surface area contributed by atoms with Gasteiger partial charge >= 0.3 is 11.9 Å². The van der Waals surface area contributed by atoms with Crippen LogP contribution in [0.2, 0.25) is 0 Å². The third kappa shape index (κ3) is 3.34. The largest absolute Gasteiger partial charge is 0.465 e. The monoisotopic (exact) mass is 286 g/mol. The van der Waals surface area contributed by atoms with Crippen LogP contribution in [0, 0.1) is 0 Å². The molecule has 0 N–H and O–H groups in total. The van der Waals surface area contributed by atoms with Crippen molar-refractivity contribution >= 4 is 27.9 Å². The molecule has 0 aliphatic heterocycles. The topological polar surface area (TPSA) is 52.6 Å². The van der Waals surface area contributed by atoms with Gasteiger partial charge in [0.1, 0.15) is 5.75 Å². The van der Waals surface area contributed by atoms with Gasteiger partial charge in [-0.15, -0.1) is 0 Å². The minimum Gasteiger partial charge on any atom is -0.465 e. The van der Waals surface area contributed by atoms with E-state index in [0.717, 1.165) is 5.56 Å². The number of methoxy groups -OCH3 is 1. The van der Waals surface area contributed by atoms with Gasteiger partial charge in [-0.3, -0.25) is 4.79 Å². The zero-order valence-electron chi connectivity index (χ0n) is 8.95. The molecule has 5 heteroatoms. The standard InChI is InChI=1S/C11H11BrO4/c1-7(13)16-10-4-8(6-12)3-9(5-10)11(14)15-2/h3-5H,6H2,1-2H3. The quantitative estimate of drug-likeness (QED) is 0.486. The fraction of sp³-hybridized carbons (Fsp3) is 0.273. The van der Waals surface area contributed by atoms with E-state index in [2.05, 4.69) is 20.7 Å². The van der Waals surface area contributed by atoms with E-state index >= 15 is 0 Å². The number of benzene rings is 1. The Morgan fingerprint density at radius 3 is 2.50 bits per heavy atom. The molecule has 0 saturated carbocycles. The lowest BCUT2D eigenvalue weighted by Gasteiger charge is -2.06. The second-order valence-corrected chi connectivity index (χ2v) is 3.65. The van der Waals surface area contributed by atoms with E-state index in [1.165, 1.54) is 20.1 Å². The number of rotatable bonds is 3. The molecule has 1 aromatic rings. The Morgan fingerprint density at radius 1 is 1.31 bits per heavy atom. The van der Waals surface area contributed by atoms with E-state index in [1.54, 1.807) is 12.1 Å². The number of carbonyl (C=O) groups is 2. The molecular formula is C11H11BrO4. The van der Waals surface area contributed by atoms with Gasteiger partial charge in [-0.2, -0.15) is 0 Å². The zero-order chi connectivity index (χ0) is 12.1. The van der Waals surface area contributed by atoms with E-state index in [9.17, 15) is 9.59 Å². The van der Waals surface area contributed by atoms with Gasteiger partial charge < -0.3 is 9.47 Å². The van der Waals surface area contributed by atoms with Gasteiger partial charge in [0, 0.05) is 12.3 Å². The lowest BCUT2D eigenvalue weighted by atomic mass is 10.1. The molecule has 0 aliphatic carbocycles. The number of carbonyl (C=O) groups excluding carboxylic acids is 2. The first kappa shape index (κ1) is 12.7. The zero-order valence-corrected chi connectivity index (χ0v) is 10.5. The molecule has 0 saturated heterocycles. The number of hydrogen-bond donors (Lipinski definition) is 0. The summed E-state index contributed by atoms with van der Waals surface area (Å²) >= 11 is 3.27. The molecule has 16 heavy (non-hydrogen) atoms. The number of esters is 2. The smallest absolute Gasteiger partial charge is 0.337 e. The van der Waals surface area contributed by atoms with Crippen LogP contribution in [-0.2, 0) is 14.9 Å². The van der Waals surface area contributed by atoms with E-state index < -0.39 is 11.9 Å². The van der Waals surface area contributed by atoms with E-state index in [-0.39, 0.29) is 0 Å². The highest BCUT2D eigenvalue weighted by molar-refractivity contribution is 9.08. The van der Waals surface area contributed by atoms with E-state index in [4.69, 9.17) is 4.74 Å². The Kier molecular flexibility index (Phi) is 4.49. The van der Waals surface area contributed by atoms with Crippen LogP contribution in [0.1, 0.15) is 22.8 Å². The molecule has 86 valence electrons. The summed E-state index contributed by atoms with van der Waals surface area (Å²) in [5.41, 5.74) is 1.19. The SMILES string of the molecule is COC(=O)c1cc(CBr)cc(OC(C)=O)c1. The number of halogens is 1. The molecule has 0 spiro atoms. The molecule has 0 bridgehead atoms. The van der Waals surface area contributed by atoms with E-state index in [1.807, 2.05) is 0 Å². The molecule has 0 fully saturated rings. The Labute approximate surface area is 102 Å². The summed E-state index contributed by atoms with van der Waals surface area (Å²) in [5, 5.41) is 0.562. The molecule has 0 radical (unpaired) electrons. The lowest BCUT2D eigenvalue weighted by molar-refractivity contribution is -0.131. The second kappa shape index (κ2) is 5.65. The fourth-order valence-corrected chi connectivity index (χ4v) is 1.52. The molecule has 0 aromatic heterocycles. The van der Waals surface area contributed by atoms with Gasteiger partial charge in [0.2, 0.25) is 0 Å². The molecule has 4 nitrogen and oxygen atoms in total. The van der Waals surface area contributed by atoms with Crippen LogP contribution in [0.3, 0.4) is 0 Å². The highest BCUT2D eigenvalue weighted by Gasteiger charge is 2.10. The highest BCUT2D eigenvalue weighted by atomic mass is 79.9. The highest BCUT2D eigenvalue weighted by Crippen LogP contribution is 2.20. The lowest BCUT2D eigenvalue weighted by Crippen LogP contribution is -2.06. The maximum Gasteiger partial charge on any atom is 0.337 e. The van der Waals surface area contributed by atoms with Crippen molar-refractivity contribution in [3.05, 3.63) is 29.3 Å². The maximum atomic E-state index is 11.3. The average molecular weight is 287 g/mol. The van der Waals surface area contributed by atoms with Crippen molar-refractivity contribution in [2.45, 2.75) is 12.3 Å². The first-order valence-corrected chi connectivity index (χ1v) is 5.65. The second-order valence-electron chi connectivity index (χ2n) is 3.08. The van der Waals surface area contributed by atoms with Crippen molar-refractivity contribution in [1.82, 2.24) is 0 Å². The van der Waals surface area contributed by atoms with Crippen molar-refractivity contribution in [1.29, 1.82) is 0 Å². The molecule has 0 unspecified atom stereocenters. The van der Waals surface area contributed by atoms with Crippen LogP contribution in [-0.4, -0.2) is 19.0 Å². The number of alkyl halides is 1. The van der Waals surface area contributed by atoms with Crippen LogP contribution in [0.15, 0.2) is 18.2 Å². The molecule has 0 aliphatic rings. The van der Waals surface area contributed by atoms with Crippen molar-refractivity contribution in [2.24, 2.45) is 0 Å². The average Bonchev–Trinajstić information content (AvgIpc) is 2.26. The van der Waals surface area contributed by atoms with Crippen LogP contribution in [0.4, 0.5) is 0 Å². The summed E-state index contributed by atoms with van der Waals surface area (Å²) < 4.78 is 9.53. The summed E-state index contributed by atoms with van der Waals surface area (Å²) in [7, 11) is 1.30. The predicted molar refractivity (Wildman–Crippen MR) is 61.7 cm³/mol. The van der Waals surface area contributed by atoms with Gasteiger partial charge in [-0.05, 0) is 23.8 Å². The number of ether oxygens (including phenoxy) is 2. The van der Waals surface area contributed by atoms with Crippen LogP contribution in [0.5, 0.6) is 5.75 Å². The summed E-state index contributed by atoms with van der Waals surface area (Å²) in [5.74, 6) is -0.552. The first-order valence-electron chi connectivity index (χ1n) is 4.53. The van der Waals surface area contributed by atoms with Crippen molar-refractivity contribution in [2.75, 3.05) is 7.11 Å². The molecule has 1 aromatic carbocycles. The number of hydrogen-bond acceptors (Lipinski definition) is 4. The van der Waals surface area contributed by atoms with Crippen LogP contribution >= 0.6 is 15.9 Å². The minimum atomic E-state index is -0.462.